The molecule has 1 heterocycles. The fourth-order valence-corrected chi connectivity index (χ4v) is 5.78. The van der Waals surface area contributed by atoms with E-state index in [0.717, 1.165) is 18.7 Å². The summed E-state index contributed by atoms with van der Waals surface area (Å²) in [4.78, 5) is 30.5. The SMILES string of the molecule is C[C@@H]1CN([C@H](C)CO)C(=O)c2cccc(NC(=O)Nc3ccc(C(F)(F)F)cc3)c2O[C@@H]1CN(C)CC1CCCCC1. The summed E-state index contributed by atoms with van der Waals surface area (Å²) in [6.07, 6.45) is 1.42. The van der Waals surface area contributed by atoms with Crippen molar-refractivity contribution in [3.05, 3.63) is 53.6 Å². The van der Waals surface area contributed by atoms with Gasteiger partial charge in [0.15, 0.2) is 5.75 Å². The summed E-state index contributed by atoms with van der Waals surface area (Å²) < 4.78 is 45.3. The lowest BCUT2D eigenvalue weighted by molar-refractivity contribution is -0.137. The summed E-state index contributed by atoms with van der Waals surface area (Å²) >= 11 is 0. The van der Waals surface area contributed by atoms with Gasteiger partial charge in [0, 0.05) is 31.2 Å². The minimum absolute atomic E-state index is 0.0843. The molecule has 8 nitrogen and oxygen atoms in total. The van der Waals surface area contributed by atoms with Gasteiger partial charge in [-0.25, -0.2) is 4.79 Å². The van der Waals surface area contributed by atoms with Crippen molar-refractivity contribution in [2.45, 2.75) is 64.3 Å². The van der Waals surface area contributed by atoms with Gasteiger partial charge in [-0.1, -0.05) is 32.3 Å². The van der Waals surface area contributed by atoms with E-state index in [0.29, 0.717) is 19.0 Å². The minimum Gasteiger partial charge on any atom is -0.486 e. The summed E-state index contributed by atoms with van der Waals surface area (Å²) in [6, 6.07) is 7.89. The van der Waals surface area contributed by atoms with Crippen LogP contribution in [-0.2, 0) is 6.18 Å². The van der Waals surface area contributed by atoms with Crippen molar-refractivity contribution in [2.75, 3.05) is 43.9 Å². The first-order valence-electron chi connectivity index (χ1n) is 14.6. The molecule has 1 aliphatic heterocycles. The van der Waals surface area contributed by atoms with Gasteiger partial charge in [0.2, 0.25) is 0 Å². The third-order valence-electron chi connectivity index (χ3n) is 8.20. The number of likely N-dealkylation sites (N-methyl/N-ethyl adjacent to an activating group) is 1. The zero-order valence-electron chi connectivity index (χ0n) is 24.4. The topological polar surface area (TPSA) is 94.1 Å². The highest BCUT2D eigenvalue weighted by atomic mass is 19.4. The molecular weight excluding hydrogens is 549 g/mol. The smallest absolute Gasteiger partial charge is 0.416 e. The van der Waals surface area contributed by atoms with Crippen molar-refractivity contribution < 1.29 is 32.6 Å². The van der Waals surface area contributed by atoms with Crippen LogP contribution < -0.4 is 15.4 Å². The number of aliphatic hydroxyl groups is 1. The molecule has 0 aromatic heterocycles. The van der Waals surface area contributed by atoms with E-state index in [1.807, 2.05) is 6.92 Å². The van der Waals surface area contributed by atoms with E-state index in [4.69, 9.17) is 4.74 Å². The monoisotopic (exact) mass is 590 g/mol. The van der Waals surface area contributed by atoms with Gasteiger partial charge in [-0.3, -0.25) is 4.79 Å². The predicted molar refractivity (Wildman–Crippen MR) is 156 cm³/mol. The van der Waals surface area contributed by atoms with Crippen LogP contribution in [0.2, 0.25) is 0 Å². The fraction of sp³-hybridized carbons (Fsp3) is 0.548. The first-order chi connectivity index (χ1) is 20.0. The zero-order chi connectivity index (χ0) is 30.4. The van der Waals surface area contributed by atoms with Gasteiger partial charge >= 0.3 is 12.2 Å². The van der Waals surface area contributed by atoms with Crippen molar-refractivity contribution in [3.8, 4) is 5.75 Å². The number of anilines is 2. The van der Waals surface area contributed by atoms with Crippen LogP contribution in [0.25, 0.3) is 0 Å². The largest absolute Gasteiger partial charge is 0.486 e. The van der Waals surface area contributed by atoms with E-state index >= 15 is 0 Å². The van der Waals surface area contributed by atoms with Crippen LogP contribution in [0.15, 0.2) is 42.5 Å². The second-order valence-electron chi connectivity index (χ2n) is 11.7. The highest BCUT2D eigenvalue weighted by Gasteiger charge is 2.35. The van der Waals surface area contributed by atoms with Crippen molar-refractivity contribution in [2.24, 2.45) is 11.8 Å². The molecule has 230 valence electrons. The van der Waals surface area contributed by atoms with Gasteiger partial charge in [0.25, 0.3) is 5.91 Å². The second-order valence-corrected chi connectivity index (χ2v) is 11.7. The van der Waals surface area contributed by atoms with Crippen molar-refractivity contribution in [1.29, 1.82) is 0 Å². The van der Waals surface area contributed by atoms with Gasteiger partial charge in [-0.15, -0.1) is 0 Å². The lowest BCUT2D eigenvalue weighted by Gasteiger charge is -2.39. The van der Waals surface area contributed by atoms with E-state index in [9.17, 15) is 27.9 Å². The Balaban J connectivity index is 1.58. The van der Waals surface area contributed by atoms with Gasteiger partial charge in [-0.2, -0.15) is 13.2 Å². The number of hydrogen-bond donors (Lipinski definition) is 3. The predicted octanol–water partition coefficient (Wildman–Crippen LogP) is 6.08. The number of halogens is 3. The minimum atomic E-state index is -4.48. The van der Waals surface area contributed by atoms with Crippen molar-refractivity contribution in [3.63, 3.8) is 0 Å². The van der Waals surface area contributed by atoms with Gasteiger partial charge < -0.3 is 30.3 Å². The molecule has 3 amide bonds. The van der Waals surface area contributed by atoms with E-state index in [1.165, 1.54) is 44.2 Å². The lowest BCUT2D eigenvalue weighted by atomic mass is 9.89. The normalized spacial score (nSPS) is 20.8. The number of nitrogens with zero attached hydrogens (tertiary/aromatic N) is 2. The van der Waals surface area contributed by atoms with E-state index in [-0.39, 0.29) is 47.2 Å². The molecule has 2 aliphatic rings. The Bertz CT molecular complexity index is 1220. The molecule has 1 aliphatic carbocycles. The summed E-state index contributed by atoms with van der Waals surface area (Å²) in [5.41, 5.74) is -0.124. The number of aliphatic hydroxyl groups excluding tert-OH is 1. The Labute approximate surface area is 245 Å². The maximum absolute atomic E-state index is 13.7. The Morgan fingerprint density at radius 3 is 2.43 bits per heavy atom. The molecule has 0 radical (unpaired) electrons. The van der Waals surface area contributed by atoms with Crippen LogP contribution in [0.3, 0.4) is 0 Å². The molecule has 0 unspecified atom stereocenters. The zero-order valence-corrected chi connectivity index (χ0v) is 24.4. The molecule has 1 fully saturated rings. The van der Waals surface area contributed by atoms with Gasteiger partial charge in [-0.05, 0) is 69.1 Å². The van der Waals surface area contributed by atoms with E-state index < -0.39 is 23.8 Å². The molecule has 0 saturated heterocycles. The van der Waals surface area contributed by atoms with Crippen LogP contribution >= 0.6 is 0 Å². The van der Waals surface area contributed by atoms with Crippen molar-refractivity contribution in [1.82, 2.24) is 9.80 Å². The number of rotatable bonds is 8. The summed E-state index contributed by atoms with van der Waals surface area (Å²) in [6.45, 7) is 5.56. The second kappa shape index (κ2) is 13.8. The standard InChI is InChI=1S/C31H41F3N4O4/c1-20-16-38(21(2)19-39)29(40)25-10-7-11-26(36-30(41)35-24-14-12-23(13-15-24)31(32,33)34)28(25)42-27(20)18-37(3)17-22-8-5-4-6-9-22/h7,10-15,20-22,27,39H,4-6,8-9,16-19H2,1-3H3,(H2,35,36,41)/t20-,21-,27-/m1/s1. The molecule has 0 bridgehead atoms. The molecule has 2 aromatic carbocycles. The number of amides is 3. The van der Waals surface area contributed by atoms with E-state index in [2.05, 4.69) is 22.6 Å². The third kappa shape index (κ3) is 7.95. The highest BCUT2D eigenvalue weighted by molar-refractivity contribution is 6.04. The van der Waals surface area contributed by atoms with Crippen LogP contribution in [-0.4, -0.2) is 72.3 Å². The lowest BCUT2D eigenvalue weighted by Crippen LogP contribution is -2.50. The summed E-state index contributed by atoms with van der Waals surface area (Å²) in [5, 5.41) is 15.2. The first kappa shape index (κ1) is 31.6. The molecule has 1 saturated carbocycles. The average Bonchev–Trinajstić information content (AvgIpc) is 2.95. The molecule has 11 heteroatoms. The number of carbonyl (C=O) groups excluding carboxylic acids is 2. The van der Waals surface area contributed by atoms with Crippen LogP contribution in [0.1, 0.15) is 61.9 Å². The number of ether oxygens (including phenoxy) is 1. The molecule has 4 rings (SSSR count). The van der Waals surface area contributed by atoms with Gasteiger partial charge in [0.05, 0.1) is 29.5 Å². The maximum Gasteiger partial charge on any atom is 0.416 e. The Morgan fingerprint density at radius 1 is 1.10 bits per heavy atom. The number of para-hydroxylation sites is 1. The molecule has 3 N–H and O–H groups in total. The highest BCUT2D eigenvalue weighted by Crippen LogP contribution is 2.36. The molecule has 42 heavy (non-hydrogen) atoms. The number of fused-ring (bicyclic) bond motifs is 1. The molecular formula is C31H41F3N4O4. The Morgan fingerprint density at radius 2 is 1.79 bits per heavy atom. The number of carbonyl (C=O) groups is 2. The number of nitrogens with one attached hydrogen (secondary N) is 2. The Kier molecular flexibility index (Phi) is 10.4. The first-order valence-corrected chi connectivity index (χ1v) is 14.6. The van der Waals surface area contributed by atoms with Gasteiger partial charge in [0.1, 0.15) is 6.10 Å². The van der Waals surface area contributed by atoms with Crippen LogP contribution in [0, 0.1) is 11.8 Å². The van der Waals surface area contributed by atoms with Crippen LogP contribution in [0.5, 0.6) is 5.75 Å². The average molecular weight is 591 g/mol. The molecule has 2 aromatic rings. The Hall–Kier alpha value is -3.31. The van der Waals surface area contributed by atoms with Crippen LogP contribution in [0.4, 0.5) is 29.3 Å². The fourth-order valence-electron chi connectivity index (χ4n) is 5.78. The van der Waals surface area contributed by atoms with E-state index in [1.54, 1.807) is 30.0 Å². The number of urea groups is 1. The molecule has 0 spiro atoms. The number of alkyl halides is 3. The summed E-state index contributed by atoms with van der Waals surface area (Å²) in [5.74, 6) is 0.458. The number of benzene rings is 2. The maximum atomic E-state index is 13.7. The molecule has 3 atom stereocenters. The number of hydrogen-bond acceptors (Lipinski definition) is 5. The quantitative estimate of drug-likeness (QED) is 0.347. The summed E-state index contributed by atoms with van der Waals surface area (Å²) in [7, 11) is 2.07. The third-order valence-corrected chi connectivity index (χ3v) is 8.20. The van der Waals surface area contributed by atoms with Crippen molar-refractivity contribution >= 4 is 23.3 Å².